The average Bonchev–Trinajstić information content (AvgIpc) is 2.79. The van der Waals surface area contributed by atoms with Gasteiger partial charge < -0.3 is 0 Å². The van der Waals surface area contributed by atoms with Crippen molar-refractivity contribution in [1.82, 2.24) is 0 Å². The third-order valence-corrected chi connectivity index (χ3v) is 5.77. The minimum Gasteiger partial charge on any atom is -0.276 e. The monoisotopic (exact) mass is 398 g/mol. The van der Waals surface area contributed by atoms with Gasteiger partial charge in [-0.3, -0.25) is 14.8 Å². The summed E-state index contributed by atoms with van der Waals surface area (Å²) in [6.45, 7) is 0. The Labute approximate surface area is 129 Å². The van der Waals surface area contributed by atoms with E-state index in [1.807, 2.05) is 4.72 Å². The first-order valence-corrected chi connectivity index (χ1v) is 8.21. The maximum absolute atomic E-state index is 13.5. The molecule has 0 amide bonds. The van der Waals surface area contributed by atoms with Crippen molar-refractivity contribution in [3.63, 3.8) is 0 Å². The van der Waals surface area contributed by atoms with E-state index in [0.717, 1.165) is 11.3 Å². The molecule has 1 aromatic heterocycles. The highest BCUT2D eigenvalue weighted by Crippen LogP contribution is 2.30. The van der Waals surface area contributed by atoms with Gasteiger partial charge >= 0.3 is 5.69 Å². The van der Waals surface area contributed by atoms with Gasteiger partial charge in [0, 0.05) is 12.1 Å². The molecule has 0 saturated carbocycles. The SMILES string of the molecule is O=[N+]([O-])c1cc(NS(=O)(=O)c2ccc(Br)s2)c(F)cc1F. The lowest BCUT2D eigenvalue weighted by Crippen LogP contribution is -2.13. The van der Waals surface area contributed by atoms with Gasteiger partial charge in [0.05, 0.1) is 14.4 Å². The second-order valence-corrected chi connectivity index (χ2v) is 8.08. The number of hydrogen-bond donors (Lipinski definition) is 1. The summed E-state index contributed by atoms with van der Waals surface area (Å²) in [6.07, 6.45) is 0. The van der Waals surface area contributed by atoms with Crippen LogP contribution in [0.4, 0.5) is 20.2 Å². The second kappa shape index (κ2) is 5.66. The molecule has 0 aliphatic carbocycles. The third kappa shape index (κ3) is 3.36. The highest BCUT2D eigenvalue weighted by atomic mass is 79.9. The Balaban J connectivity index is 2.44. The number of rotatable bonds is 4. The molecule has 1 N–H and O–H groups in total. The molecule has 1 aromatic carbocycles. The highest BCUT2D eigenvalue weighted by molar-refractivity contribution is 9.11. The van der Waals surface area contributed by atoms with E-state index in [2.05, 4.69) is 15.9 Å². The number of thiophene rings is 1. The van der Waals surface area contributed by atoms with Crippen LogP contribution in [0, 0.1) is 21.7 Å². The van der Waals surface area contributed by atoms with E-state index in [0.29, 0.717) is 9.85 Å². The van der Waals surface area contributed by atoms with Gasteiger partial charge in [-0.05, 0) is 28.1 Å². The van der Waals surface area contributed by atoms with Crippen molar-refractivity contribution < 1.29 is 22.1 Å². The zero-order chi connectivity index (χ0) is 15.8. The zero-order valence-electron chi connectivity index (χ0n) is 9.84. The molecular weight excluding hydrogens is 394 g/mol. The maximum Gasteiger partial charge on any atom is 0.307 e. The van der Waals surface area contributed by atoms with Crippen LogP contribution in [-0.2, 0) is 10.0 Å². The Morgan fingerprint density at radius 1 is 1.24 bits per heavy atom. The van der Waals surface area contributed by atoms with Crippen LogP contribution in [0.3, 0.4) is 0 Å². The number of nitrogens with one attached hydrogen (secondary N) is 1. The fraction of sp³-hybridized carbons (Fsp3) is 0. The number of sulfonamides is 1. The summed E-state index contributed by atoms with van der Waals surface area (Å²) in [4.78, 5) is 9.51. The van der Waals surface area contributed by atoms with Crippen LogP contribution in [0.1, 0.15) is 0 Å². The molecular formula is C10H5BrF2N2O4S2. The Morgan fingerprint density at radius 2 is 1.90 bits per heavy atom. The van der Waals surface area contributed by atoms with Crippen LogP contribution in [0.25, 0.3) is 0 Å². The van der Waals surface area contributed by atoms with Gasteiger partial charge in [0.2, 0.25) is 5.82 Å². The summed E-state index contributed by atoms with van der Waals surface area (Å²) >= 11 is 3.95. The van der Waals surface area contributed by atoms with E-state index in [4.69, 9.17) is 0 Å². The standard InChI is InChI=1S/C10H5BrF2N2O4S2/c11-9-1-2-10(20-9)21(18,19)14-7-4-8(15(16)17)6(13)3-5(7)12/h1-4,14H. The predicted octanol–water partition coefficient (Wildman–Crippen LogP) is 3.50. The number of hydrogen-bond acceptors (Lipinski definition) is 5. The molecule has 0 bridgehead atoms. The normalized spacial score (nSPS) is 11.4. The van der Waals surface area contributed by atoms with Crippen LogP contribution >= 0.6 is 27.3 Å². The first-order valence-electron chi connectivity index (χ1n) is 5.12. The summed E-state index contributed by atoms with van der Waals surface area (Å²) in [5, 5.41) is 10.6. The van der Waals surface area contributed by atoms with E-state index in [-0.39, 0.29) is 10.3 Å². The molecule has 0 unspecified atom stereocenters. The molecule has 0 aliphatic rings. The molecule has 0 atom stereocenters. The molecule has 0 saturated heterocycles. The van der Waals surface area contributed by atoms with Gasteiger partial charge in [0.25, 0.3) is 10.0 Å². The van der Waals surface area contributed by atoms with Crippen molar-refractivity contribution in [2.75, 3.05) is 4.72 Å². The van der Waals surface area contributed by atoms with Gasteiger partial charge in [-0.1, -0.05) is 0 Å². The maximum atomic E-state index is 13.5. The number of nitro groups is 1. The molecule has 0 aliphatic heterocycles. The minimum absolute atomic E-state index is 0.124. The largest absolute Gasteiger partial charge is 0.307 e. The van der Waals surface area contributed by atoms with E-state index < -0.39 is 38.0 Å². The molecule has 2 aromatic rings. The van der Waals surface area contributed by atoms with E-state index in [9.17, 15) is 27.3 Å². The summed E-state index contributed by atoms with van der Waals surface area (Å²) in [6, 6.07) is 3.49. The lowest BCUT2D eigenvalue weighted by atomic mass is 10.2. The summed E-state index contributed by atoms with van der Waals surface area (Å²) in [5.74, 6) is -2.64. The summed E-state index contributed by atoms with van der Waals surface area (Å²) in [7, 11) is -4.12. The molecule has 11 heteroatoms. The lowest BCUT2D eigenvalue weighted by Gasteiger charge is -2.07. The summed E-state index contributed by atoms with van der Waals surface area (Å²) < 4.78 is 53.0. The van der Waals surface area contributed by atoms with Gasteiger partial charge in [-0.15, -0.1) is 11.3 Å². The van der Waals surface area contributed by atoms with Crippen LogP contribution < -0.4 is 4.72 Å². The first kappa shape index (κ1) is 15.8. The molecule has 21 heavy (non-hydrogen) atoms. The van der Waals surface area contributed by atoms with Crippen molar-refractivity contribution in [1.29, 1.82) is 0 Å². The van der Waals surface area contributed by atoms with Gasteiger partial charge in [0.1, 0.15) is 4.21 Å². The number of nitrogens with zero attached hydrogens (tertiary/aromatic N) is 1. The van der Waals surface area contributed by atoms with Crippen molar-refractivity contribution in [2.24, 2.45) is 0 Å². The number of halogens is 3. The van der Waals surface area contributed by atoms with Crippen LogP contribution in [-0.4, -0.2) is 13.3 Å². The van der Waals surface area contributed by atoms with Crippen molar-refractivity contribution >= 4 is 48.7 Å². The molecule has 0 spiro atoms. The van der Waals surface area contributed by atoms with Crippen molar-refractivity contribution in [3.05, 3.63) is 49.8 Å². The van der Waals surface area contributed by atoms with Crippen molar-refractivity contribution in [3.8, 4) is 0 Å². The van der Waals surface area contributed by atoms with E-state index >= 15 is 0 Å². The van der Waals surface area contributed by atoms with Gasteiger partial charge in [-0.25, -0.2) is 12.8 Å². The molecule has 0 radical (unpaired) electrons. The van der Waals surface area contributed by atoms with E-state index in [1.54, 1.807) is 0 Å². The second-order valence-electron chi connectivity index (χ2n) is 3.70. The topological polar surface area (TPSA) is 89.3 Å². The molecule has 2 rings (SSSR count). The predicted molar refractivity (Wildman–Crippen MR) is 75.8 cm³/mol. The average molecular weight is 399 g/mol. The number of nitro benzene ring substituents is 1. The first-order chi connectivity index (χ1) is 9.70. The molecule has 0 fully saturated rings. The number of anilines is 1. The van der Waals surface area contributed by atoms with Crippen LogP contribution in [0.15, 0.2) is 32.3 Å². The van der Waals surface area contributed by atoms with Crippen molar-refractivity contribution in [2.45, 2.75) is 4.21 Å². The Bertz CT molecular complexity index is 822. The molecule has 112 valence electrons. The van der Waals surface area contributed by atoms with Crippen LogP contribution in [0.2, 0.25) is 0 Å². The lowest BCUT2D eigenvalue weighted by molar-refractivity contribution is -0.387. The summed E-state index contributed by atoms with van der Waals surface area (Å²) in [5.41, 5.74) is -1.73. The van der Waals surface area contributed by atoms with Gasteiger partial charge in [0.15, 0.2) is 5.82 Å². The zero-order valence-corrected chi connectivity index (χ0v) is 13.1. The Morgan fingerprint density at radius 3 is 2.43 bits per heavy atom. The Kier molecular flexibility index (Phi) is 4.25. The Hall–Kier alpha value is -1.59. The van der Waals surface area contributed by atoms with E-state index in [1.165, 1.54) is 12.1 Å². The third-order valence-electron chi connectivity index (χ3n) is 2.29. The van der Waals surface area contributed by atoms with Crippen LogP contribution in [0.5, 0.6) is 0 Å². The quantitative estimate of drug-likeness (QED) is 0.630. The smallest absolute Gasteiger partial charge is 0.276 e. The molecule has 1 heterocycles. The van der Waals surface area contributed by atoms with Gasteiger partial charge in [-0.2, -0.15) is 4.39 Å². The fourth-order valence-corrected chi connectivity index (χ4v) is 4.46. The highest BCUT2D eigenvalue weighted by Gasteiger charge is 2.23. The molecule has 6 nitrogen and oxygen atoms in total. The fourth-order valence-electron chi connectivity index (χ4n) is 1.39. The number of benzene rings is 1. The minimum atomic E-state index is -4.12.